The molecule has 150 valence electrons. The smallest absolute Gasteiger partial charge is 0.254 e. The standard InChI is InChI=1S/C19H26N6O3/c1-12-7-13(8-16(26)20-12)18(28)25-6-5-15(11-25)24(4)10-14-9-17(27)22-19(21-14)23(2)3/h7-9,15H,5-6,10-11H2,1-4H3,(H,20,26)(H,21,22,27)/t15-/m0/s1. The van der Waals surface area contributed by atoms with Gasteiger partial charge in [0.15, 0.2) is 0 Å². The number of nitrogens with zero attached hydrogens (tertiary/aromatic N) is 4. The highest BCUT2D eigenvalue weighted by Gasteiger charge is 2.30. The van der Waals surface area contributed by atoms with E-state index in [-0.39, 0.29) is 23.1 Å². The van der Waals surface area contributed by atoms with Crippen LogP contribution in [0.1, 0.15) is 28.2 Å². The van der Waals surface area contributed by atoms with Gasteiger partial charge in [0.1, 0.15) is 0 Å². The molecule has 0 bridgehead atoms. The molecule has 28 heavy (non-hydrogen) atoms. The third kappa shape index (κ3) is 4.48. The van der Waals surface area contributed by atoms with Gasteiger partial charge in [-0.2, -0.15) is 0 Å². The third-order valence-corrected chi connectivity index (χ3v) is 4.92. The Morgan fingerprint density at radius 3 is 2.57 bits per heavy atom. The molecule has 2 aromatic heterocycles. The van der Waals surface area contributed by atoms with Gasteiger partial charge in [-0.05, 0) is 26.5 Å². The monoisotopic (exact) mass is 386 g/mol. The van der Waals surface area contributed by atoms with Gasteiger partial charge in [-0.1, -0.05) is 0 Å². The summed E-state index contributed by atoms with van der Waals surface area (Å²) in [5.74, 6) is 0.387. The molecule has 1 amide bonds. The van der Waals surface area contributed by atoms with Crippen LogP contribution in [0.2, 0.25) is 0 Å². The maximum absolute atomic E-state index is 12.7. The molecule has 0 saturated carbocycles. The predicted molar refractivity (Wildman–Crippen MR) is 107 cm³/mol. The van der Waals surface area contributed by atoms with Gasteiger partial charge < -0.3 is 14.8 Å². The second-order valence-electron chi connectivity index (χ2n) is 7.48. The number of likely N-dealkylation sites (tertiary alicyclic amines) is 1. The highest BCUT2D eigenvalue weighted by molar-refractivity contribution is 5.94. The lowest BCUT2D eigenvalue weighted by atomic mass is 10.2. The number of aromatic nitrogens is 3. The highest BCUT2D eigenvalue weighted by Crippen LogP contribution is 2.18. The number of aromatic amines is 2. The SMILES string of the molecule is Cc1cc(C(=O)N2CC[C@H](N(C)Cc3cc(=O)[nH]c(N(C)C)n3)C2)cc(=O)[nH]1. The minimum Gasteiger partial charge on any atom is -0.348 e. The number of amides is 1. The Balaban J connectivity index is 1.67. The van der Waals surface area contributed by atoms with Gasteiger partial charge in [-0.25, -0.2) is 4.98 Å². The van der Waals surface area contributed by atoms with E-state index >= 15 is 0 Å². The van der Waals surface area contributed by atoms with Crippen molar-refractivity contribution in [2.45, 2.75) is 25.9 Å². The second-order valence-corrected chi connectivity index (χ2v) is 7.48. The van der Waals surface area contributed by atoms with Gasteiger partial charge in [0.25, 0.3) is 11.5 Å². The zero-order valence-electron chi connectivity index (χ0n) is 16.7. The van der Waals surface area contributed by atoms with Crippen LogP contribution in [0.5, 0.6) is 0 Å². The minimum atomic E-state index is -0.270. The highest BCUT2D eigenvalue weighted by atomic mass is 16.2. The lowest BCUT2D eigenvalue weighted by Crippen LogP contribution is -2.37. The van der Waals surface area contributed by atoms with Crippen molar-refractivity contribution in [1.82, 2.24) is 24.8 Å². The van der Waals surface area contributed by atoms with E-state index in [0.717, 1.165) is 6.42 Å². The number of carbonyl (C=O) groups is 1. The van der Waals surface area contributed by atoms with Crippen LogP contribution in [-0.4, -0.2) is 70.9 Å². The molecule has 1 atom stereocenters. The second kappa shape index (κ2) is 7.97. The molecule has 0 aliphatic carbocycles. The first-order chi connectivity index (χ1) is 13.2. The molecular weight excluding hydrogens is 360 g/mol. The Bertz CT molecular complexity index is 980. The van der Waals surface area contributed by atoms with E-state index in [4.69, 9.17) is 0 Å². The molecule has 1 aliphatic rings. The molecule has 3 heterocycles. The summed E-state index contributed by atoms with van der Waals surface area (Å²) in [4.78, 5) is 51.7. The molecule has 0 spiro atoms. The fourth-order valence-corrected chi connectivity index (χ4v) is 3.45. The normalized spacial score (nSPS) is 16.6. The van der Waals surface area contributed by atoms with Crippen LogP contribution in [0.3, 0.4) is 0 Å². The average molecular weight is 386 g/mol. The lowest BCUT2D eigenvalue weighted by molar-refractivity contribution is 0.0779. The summed E-state index contributed by atoms with van der Waals surface area (Å²) in [7, 11) is 5.61. The number of anilines is 1. The molecule has 0 unspecified atom stereocenters. The number of H-pyrrole nitrogens is 2. The first kappa shape index (κ1) is 19.8. The van der Waals surface area contributed by atoms with E-state index < -0.39 is 0 Å². The van der Waals surface area contributed by atoms with Crippen LogP contribution in [0.4, 0.5) is 5.95 Å². The van der Waals surface area contributed by atoms with Gasteiger partial charge in [-0.3, -0.25) is 24.3 Å². The maximum atomic E-state index is 12.7. The summed E-state index contributed by atoms with van der Waals surface area (Å²) in [5.41, 5.74) is 1.31. The number of rotatable bonds is 5. The lowest BCUT2D eigenvalue weighted by Gasteiger charge is -2.24. The van der Waals surface area contributed by atoms with Gasteiger partial charge in [0, 0.05) is 63.2 Å². The summed E-state index contributed by atoms with van der Waals surface area (Å²) in [6.45, 7) is 3.48. The van der Waals surface area contributed by atoms with Gasteiger partial charge in [-0.15, -0.1) is 0 Å². The molecule has 1 saturated heterocycles. The molecule has 2 N–H and O–H groups in total. The summed E-state index contributed by atoms with van der Waals surface area (Å²) >= 11 is 0. The number of carbonyl (C=O) groups excluding carboxylic acids is 1. The average Bonchev–Trinajstić information content (AvgIpc) is 3.10. The number of nitrogens with one attached hydrogen (secondary N) is 2. The van der Waals surface area contributed by atoms with Crippen molar-refractivity contribution < 1.29 is 4.79 Å². The van der Waals surface area contributed by atoms with Crippen molar-refractivity contribution in [3.8, 4) is 0 Å². The van der Waals surface area contributed by atoms with E-state index in [1.165, 1.54) is 12.1 Å². The molecule has 9 nitrogen and oxygen atoms in total. The Labute approximate surface area is 163 Å². The quantitative estimate of drug-likeness (QED) is 0.759. The Hall–Kier alpha value is -2.94. The Morgan fingerprint density at radius 1 is 1.18 bits per heavy atom. The van der Waals surface area contributed by atoms with Crippen LogP contribution in [-0.2, 0) is 6.54 Å². The molecule has 0 aromatic carbocycles. The van der Waals surface area contributed by atoms with Crippen molar-refractivity contribution in [3.05, 3.63) is 55.9 Å². The molecule has 1 fully saturated rings. The zero-order valence-corrected chi connectivity index (χ0v) is 16.7. The minimum absolute atomic E-state index is 0.130. The van der Waals surface area contributed by atoms with Crippen LogP contribution < -0.4 is 16.0 Å². The Morgan fingerprint density at radius 2 is 1.89 bits per heavy atom. The van der Waals surface area contributed by atoms with E-state index in [2.05, 4.69) is 19.9 Å². The zero-order chi connectivity index (χ0) is 20.4. The van der Waals surface area contributed by atoms with Crippen molar-refractivity contribution >= 4 is 11.9 Å². The van der Waals surface area contributed by atoms with E-state index in [1.54, 1.807) is 22.8 Å². The number of likely N-dealkylation sites (N-methyl/N-ethyl adjacent to an activating group) is 1. The molecule has 2 aromatic rings. The molecular formula is C19H26N6O3. The first-order valence-electron chi connectivity index (χ1n) is 9.21. The third-order valence-electron chi connectivity index (χ3n) is 4.92. The molecule has 3 rings (SSSR count). The van der Waals surface area contributed by atoms with Crippen molar-refractivity contribution in [1.29, 1.82) is 0 Å². The summed E-state index contributed by atoms with van der Waals surface area (Å²) in [5, 5.41) is 0. The molecule has 1 aliphatic heterocycles. The molecule has 0 radical (unpaired) electrons. The topological polar surface area (TPSA) is 105 Å². The maximum Gasteiger partial charge on any atom is 0.254 e. The van der Waals surface area contributed by atoms with Crippen molar-refractivity contribution in [2.75, 3.05) is 39.1 Å². The number of aryl methyl sites for hydroxylation is 1. The fraction of sp³-hybridized carbons (Fsp3) is 0.474. The number of pyridine rings is 1. The largest absolute Gasteiger partial charge is 0.348 e. The van der Waals surface area contributed by atoms with Gasteiger partial charge in [0.05, 0.1) is 5.69 Å². The summed E-state index contributed by atoms with van der Waals surface area (Å²) in [6.07, 6.45) is 0.828. The van der Waals surface area contributed by atoms with Crippen molar-refractivity contribution in [3.63, 3.8) is 0 Å². The first-order valence-corrected chi connectivity index (χ1v) is 9.21. The predicted octanol–water partition coefficient (Wildman–Crippen LogP) is 0.179. The van der Waals surface area contributed by atoms with Crippen LogP contribution >= 0.6 is 0 Å². The van der Waals surface area contributed by atoms with Crippen LogP contribution in [0.15, 0.2) is 27.8 Å². The van der Waals surface area contributed by atoms with Gasteiger partial charge in [0.2, 0.25) is 11.5 Å². The number of hydrogen-bond acceptors (Lipinski definition) is 6. The van der Waals surface area contributed by atoms with Gasteiger partial charge >= 0.3 is 0 Å². The fourth-order valence-electron chi connectivity index (χ4n) is 3.45. The molecule has 9 heteroatoms. The summed E-state index contributed by atoms with van der Waals surface area (Å²) < 4.78 is 0. The van der Waals surface area contributed by atoms with E-state index in [0.29, 0.717) is 42.5 Å². The summed E-state index contributed by atoms with van der Waals surface area (Å²) in [6, 6.07) is 4.70. The Kier molecular flexibility index (Phi) is 5.64. The van der Waals surface area contributed by atoms with Crippen LogP contribution in [0.25, 0.3) is 0 Å². The number of hydrogen-bond donors (Lipinski definition) is 2. The van der Waals surface area contributed by atoms with E-state index in [1.807, 2.05) is 21.1 Å². The van der Waals surface area contributed by atoms with E-state index in [9.17, 15) is 14.4 Å². The van der Waals surface area contributed by atoms with Crippen LogP contribution in [0, 0.1) is 6.92 Å². The van der Waals surface area contributed by atoms with Crippen molar-refractivity contribution in [2.24, 2.45) is 0 Å².